The number of carbonyl (C=O) groups excluding carboxylic acids is 1. The van der Waals surface area contributed by atoms with Gasteiger partial charge >= 0.3 is 0 Å². The van der Waals surface area contributed by atoms with Crippen LogP contribution in [0.2, 0.25) is 0 Å². The van der Waals surface area contributed by atoms with Crippen molar-refractivity contribution in [3.05, 3.63) is 59.1 Å². The molecule has 0 saturated carbocycles. The van der Waals surface area contributed by atoms with Crippen molar-refractivity contribution in [1.82, 2.24) is 0 Å². The lowest BCUT2D eigenvalue weighted by molar-refractivity contribution is -0.871. The summed E-state index contributed by atoms with van der Waals surface area (Å²) in [5.74, 6) is 0.856. The quantitative estimate of drug-likeness (QED) is 0.789. The third-order valence-electron chi connectivity index (χ3n) is 3.13. The number of nitrogens with one attached hydrogen (secondary N) is 2. The van der Waals surface area contributed by atoms with E-state index in [0.717, 1.165) is 27.4 Å². The van der Waals surface area contributed by atoms with Crippen LogP contribution in [0.4, 0.5) is 5.69 Å². The second-order valence-corrected chi connectivity index (χ2v) is 6.02. The van der Waals surface area contributed by atoms with E-state index in [2.05, 4.69) is 21.2 Å². The Morgan fingerprint density at radius 3 is 2.50 bits per heavy atom. The number of anilines is 1. The van der Waals surface area contributed by atoms with Gasteiger partial charge in [0, 0.05) is 10.2 Å². The molecule has 2 aromatic carbocycles. The molecule has 22 heavy (non-hydrogen) atoms. The predicted octanol–water partition coefficient (Wildman–Crippen LogP) is 1.98. The minimum Gasteiger partial charge on any atom is -0.488 e. The Morgan fingerprint density at radius 2 is 1.82 bits per heavy atom. The standard InChI is InChI=1S/C17H19BrN2O2/c1-20(11-12-22-16-5-3-2-4-6-16)13-17(21)19-15-9-7-14(18)8-10-15/h2-10H,11-13H2,1H3,(H,19,21)/p+1. The summed E-state index contributed by atoms with van der Waals surface area (Å²) in [6.45, 7) is 1.76. The van der Waals surface area contributed by atoms with Crippen LogP contribution in [0.5, 0.6) is 5.75 Å². The number of amides is 1. The Balaban J connectivity index is 1.68. The SMILES string of the molecule is C[NH+](CCOc1ccccc1)CC(=O)Nc1ccc(Br)cc1. The first-order chi connectivity index (χ1) is 10.6. The van der Waals surface area contributed by atoms with Gasteiger partial charge in [-0.2, -0.15) is 0 Å². The highest BCUT2D eigenvalue weighted by Crippen LogP contribution is 2.13. The van der Waals surface area contributed by atoms with Crippen LogP contribution in [-0.4, -0.2) is 32.7 Å². The summed E-state index contributed by atoms with van der Waals surface area (Å²) in [7, 11) is 1.98. The molecule has 0 spiro atoms. The second-order valence-electron chi connectivity index (χ2n) is 5.10. The Labute approximate surface area is 139 Å². The lowest BCUT2D eigenvalue weighted by atomic mass is 10.3. The first-order valence-corrected chi connectivity index (χ1v) is 7.97. The van der Waals surface area contributed by atoms with E-state index in [-0.39, 0.29) is 5.91 Å². The average Bonchev–Trinajstić information content (AvgIpc) is 2.50. The van der Waals surface area contributed by atoms with Gasteiger partial charge in [0.05, 0.1) is 7.05 Å². The normalized spacial score (nSPS) is 11.7. The van der Waals surface area contributed by atoms with Crippen molar-refractivity contribution < 1.29 is 14.4 Å². The molecule has 2 N–H and O–H groups in total. The molecule has 0 saturated heterocycles. The number of ether oxygens (including phenoxy) is 1. The third-order valence-corrected chi connectivity index (χ3v) is 3.66. The summed E-state index contributed by atoms with van der Waals surface area (Å²) >= 11 is 3.37. The maximum absolute atomic E-state index is 12.0. The fraction of sp³-hybridized carbons (Fsp3) is 0.235. The van der Waals surface area contributed by atoms with Crippen LogP contribution in [0.3, 0.4) is 0 Å². The molecule has 2 rings (SSSR count). The predicted molar refractivity (Wildman–Crippen MR) is 91.3 cm³/mol. The Hall–Kier alpha value is -1.85. The first-order valence-electron chi connectivity index (χ1n) is 7.18. The molecule has 2 aromatic rings. The molecule has 1 unspecified atom stereocenters. The molecule has 0 bridgehead atoms. The number of benzene rings is 2. The van der Waals surface area contributed by atoms with Gasteiger partial charge in [0.1, 0.15) is 18.9 Å². The van der Waals surface area contributed by atoms with Gasteiger partial charge in [-0.05, 0) is 36.4 Å². The molecular weight excluding hydrogens is 344 g/mol. The summed E-state index contributed by atoms with van der Waals surface area (Å²) in [5, 5.41) is 2.89. The van der Waals surface area contributed by atoms with E-state index < -0.39 is 0 Å². The van der Waals surface area contributed by atoms with E-state index in [4.69, 9.17) is 4.74 Å². The van der Waals surface area contributed by atoms with Gasteiger partial charge in [-0.15, -0.1) is 0 Å². The molecule has 4 nitrogen and oxygen atoms in total. The molecule has 1 atom stereocenters. The Morgan fingerprint density at radius 1 is 1.14 bits per heavy atom. The summed E-state index contributed by atoms with van der Waals surface area (Å²) in [4.78, 5) is 13.1. The van der Waals surface area contributed by atoms with Crippen molar-refractivity contribution in [3.63, 3.8) is 0 Å². The molecule has 0 fully saturated rings. The van der Waals surface area contributed by atoms with Crippen molar-refractivity contribution >= 4 is 27.5 Å². The topological polar surface area (TPSA) is 42.8 Å². The highest BCUT2D eigenvalue weighted by molar-refractivity contribution is 9.10. The lowest BCUT2D eigenvalue weighted by Crippen LogP contribution is -3.10. The van der Waals surface area contributed by atoms with Gasteiger partial charge in [-0.1, -0.05) is 34.1 Å². The fourth-order valence-corrected chi connectivity index (χ4v) is 2.23. The van der Waals surface area contributed by atoms with E-state index in [0.29, 0.717) is 13.2 Å². The summed E-state index contributed by atoms with van der Waals surface area (Å²) < 4.78 is 6.62. The van der Waals surface area contributed by atoms with Gasteiger partial charge in [0.15, 0.2) is 6.54 Å². The van der Waals surface area contributed by atoms with Gasteiger partial charge in [-0.25, -0.2) is 0 Å². The number of para-hydroxylation sites is 1. The van der Waals surface area contributed by atoms with Crippen molar-refractivity contribution in [1.29, 1.82) is 0 Å². The molecule has 116 valence electrons. The van der Waals surface area contributed by atoms with Crippen molar-refractivity contribution in [2.75, 3.05) is 32.1 Å². The number of hydrogen-bond donors (Lipinski definition) is 2. The highest BCUT2D eigenvalue weighted by atomic mass is 79.9. The monoisotopic (exact) mass is 363 g/mol. The van der Waals surface area contributed by atoms with Gasteiger partial charge < -0.3 is 15.0 Å². The van der Waals surface area contributed by atoms with Gasteiger partial charge in [0.25, 0.3) is 5.91 Å². The summed E-state index contributed by atoms with van der Waals surface area (Å²) in [6.07, 6.45) is 0. The van der Waals surface area contributed by atoms with E-state index in [1.165, 1.54) is 0 Å². The van der Waals surface area contributed by atoms with Crippen LogP contribution in [0.25, 0.3) is 0 Å². The van der Waals surface area contributed by atoms with E-state index in [9.17, 15) is 4.79 Å². The van der Waals surface area contributed by atoms with Gasteiger partial charge in [-0.3, -0.25) is 4.79 Å². The number of hydrogen-bond acceptors (Lipinski definition) is 2. The van der Waals surface area contributed by atoms with E-state index >= 15 is 0 Å². The van der Waals surface area contributed by atoms with Crippen LogP contribution >= 0.6 is 15.9 Å². The molecule has 0 aliphatic heterocycles. The van der Waals surface area contributed by atoms with Crippen LogP contribution in [0.15, 0.2) is 59.1 Å². The largest absolute Gasteiger partial charge is 0.488 e. The first kappa shape index (κ1) is 16.5. The number of quaternary nitrogens is 1. The van der Waals surface area contributed by atoms with Gasteiger partial charge in [0.2, 0.25) is 0 Å². The van der Waals surface area contributed by atoms with Crippen LogP contribution < -0.4 is 15.0 Å². The van der Waals surface area contributed by atoms with Crippen molar-refractivity contribution in [2.24, 2.45) is 0 Å². The molecule has 5 heteroatoms. The Kier molecular flexibility index (Phi) is 6.43. The zero-order valence-corrected chi connectivity index (χ0v) is 14.1. The third kappa shape index (κ3) is 5.87. The summed E-state index contributed by atoms with van der Waals surface area (Å²) in [5.41, 5.74) is 0.807. The van der Waals surface area contributed by atoms with Crippen molar-refractivity contribution in [2.45, 2.75) is 0 Å². The van der Waals surface area contributed by atoms with Crippen LogP contribution in [-0.2, 0) is 4.79 Å². The number of carbonyl (C=O) groups is 1. The van der Waals surface area contributed by atoms with E-state index in [1.54, 1.807) is 0 Å². The average molecular weight is 364 g/mol. The second kappa shape index (κ2) is 8.56. The number of rotatable bonds is 7. The molecule has 0 heterocycles. The van der Waals surface area contributed by atoms with Crippen LogP contribution in [0, 0.1) is 0 Å². The molecule has 0 aliphatic carbocycles. The minimum absolute atomic E-state index is 0.000432. The highest BCUT2D eigenvalue weighted by Gasteiger charge is 2.10. The fourth-order valence-electron chi connectivity index (χ4n) is 1.96. The Bertz CT molecular complexity index is 587. The van der Waals surface area contributed by atoms with Crippen LogP contribution in [0.1, 0.15) is 0 Å². The maximum Gasteiger partial charge on any atom is 0.279 e. The zero-order valence-electron chi connectivity index (χ0n) is 12.5. The molecule has 0 aliphatic rings. The lowest BCUT2D eigenvalue weighted by Gasteiger charge is -2.14. The number of likely N-dealkylation sites (N-methyl/N-ethyl adjacent to an activating group) is 1. The molecular formula is C17H20BrN2O2+. The number of halogens is 1. The van der Waals surface area contributed by atoms with Crippen molar-refractivity contribution in [3.8, 4) is 5.75 Å². The molecule has 0 radical (unpaired) electrons. The minimum atomic E-state index is -0.000432. The summed E-state index contributed by atoms with van der Waals surface area (Å²) in [6, 6.07) is 17.2. The maximum atomic E-state index is 12.0. The zero-order chi connectivity index (χ0) is 15.8. The molecule has 1 amide bonds. The smallest absolute Gasteiger partial charge is 0.279 e. The van der Waals surface area contributed by atoms with E-state index in [1.807, 2.05) is 61.6 Å². The molecule has 0 aromatic heterocycles.